The minimum atomic E-state index is -1.36. The molecule has 0 unspecified atom stereocenters. The monoisotopic (exact) mass is 466 g/mol. The minimum absolute atomic E-state index is 0.0252. The van der Waals surface area contributed by atoms with Crippen LogP contribution in [-0.2, 0) is 9.59 Å². The number of hydrogen-bond acceptors (Lipinski definition) is 6. The van der Waals surface area contributed by atoms with E-state index in [-0.39, 0.29) is 5.76 Å². The number of urea groups is 1. The molecule has 0 aliphatic carbocycles. The molecule has 2 N–H and O–H groups in total. The quantitative estimate of drug-likeness (QED) is 0.306. The summed E-state index contributed by atoms with van der Waals surface area (Å²) < 4.78 is 5.82. The molecule has 0 radical (unpaired) electrons. The van der Waals surface area contributed by atoms with Gasteiger partial charge in [-0.25, -0.2) is 15.1 Å². The number of anilines is 1. The number of barbiturate groups is 1. The highest BCUT2D eigenvalue weighted by Crippen LogP contribution is 2.21. The third-order valence-electron chi connectivity index (χ3n) is 3.42. The van der Waals surface area contributed by atoms with Gasteiger partial charge in [-0.05, 0) is 59.0 Å². The molecule has 9 nitrogen and oxygen atoms in total. The van der Waals surface area contributed by atoms with Gasteiger partial charge in [0.1, 0.15) is 0 Å². The second-order valence-electron chi connectivity index (χ2n) is 5.12. The molecular weight excluding hydrogens is 455 g/mol. The number of nitrogens with zero attached hydrogens (tertiary/aromatic N) is 2. The number of nitrogens with one attached hydrogen (secondary N) is 2. The van der Waals surface area contributed by atoms with Crippen LogP contribution in [0.4, 0.5) is 10.5 Å². The Bertz CT molecular complexity index is 892. The number of hydrazone groups is 1. The molecule has 1 saturated heterocycles. The first kappa shape index (κ1) is 17.8. The Morgan fingerprint density at radius 2 is 1.96 bits per heavy atom. The van der Waals surface area contributed by atoms with Crippen LogP contribution in [0.15, 0.2) is 52.2 Å². The summed E-state index contributed by atoms with van der Waals surface area (Å²) in [5.41, 5.74) is 2.46. The van der Waals surface area contributed by atoms with Gasteiger partial charge in [0.05, 0.1) is 12.0 Å². The lowest BCUT2D eigenvalue weighted by Gasteiger charge is -2.28. The number of imide groups is 2. The van der Waals surface area contributed by atoms with Crippen molar-refractivity contribution in [2.45, 2.75) is 0 Å². The molecule has 10 heteroatoms. The van der Waals surface area contributed by atoms with Gasteiger partial charge in [-0.15, -0.1) is 0 Å². The fourth-order valence-corrected chi connectivity index (χ4v) is 2.55. The number of halogens is 1. The molecule has 2 aromatic rings. The average Bonchev–Trinajstić information content (AvgIpc) is 3.14. The SMILES string of the molecule is O=C(N/N=C\[C@H]1C(=O)NC(=O)N(c2ccc(I)cc2)C1=O)c1ccco1. The van der Waals surface area contributed by atoms with Gasteiger partial charge in [-0.1, -0.05) is 0 Å². The Morgan fingerprint density at radius 1 is 1.23 bits per heavy atom. The minimum Gasteiger partial charge on any atom is -0.459 e. The molecule has 1 fully saturated rings. The van der Waals surface area contributed by atoms with E-state index in [1.165, 1.54) is 18.4 Å². The van der Waals surface area contributed by atoms with E-state index in [1.54, 1.807) is 24.3 Å². The van der Waals surface area contributed by atoms with Crippen LogP contribution < -0.4 is 15.6 Å². The summed E-state index contributed by atoms with van der Waals surface area (Å²) >= 11 is 2.09. The summed E-state index contributed by atoms with van der Waals surface area (Å²) in [4.78, 5) is 49.1. The molecular formula is C16H11IN4O5. The second kappa shape index (κ2) is 7.47. The molecule has 1 aromatic heterocycles. The van der Waals surface area contributed by atoms with Crippen LogP contribution in [0, 0.1) is 9.49 Å². The molecule has 1 atom stereocenters. The van der Waals surface area contributed by atoms with Crippen molar-refractivity contribution >= 4 is 58.2 Å². The summed E-state index contributed by atoms with van der Waals surface area (Å²) in [5.74, 6) is -3.56. The van der Waals surface area contributed by atoms with Crippen molar-refractivity contribution in [3.63, 3.8) is 0 Å². The second-order valence-corrected chi connectivity index (χ2v) is 6.36. The highest BCUT2D eigenvalue weighted by molar-refractivity contribution is 14.1. The fraction of sp³-hybridized carbons (Fsp3) is 0.0625. The molecule has 0 saturated carbocycles. The normalized spacial score (nSPS) is 17.5. The number of benzene rings is 1. The summed E-state index contributed by atoms with van der Waals surface area (Å²) in [6, 6.07) is 8.73. The third kappa shape index (κ3) is 3.64. The third-order valence-corrected chi connectivity index (χ3v) is 4.14. The molecule has 2 heterocycles. The Labute approximate surface area is 160 Å². The Morgan fingerprint density at radius 3 is 2.62 bits per heavy atom. The van der Waals surface area contributed by atoms with E-state index < -0.39 is 29.7 Å². The predicted molar refractivity (Wildman–Crippen MR) is 98.3 cm³/mol. The molecule has 132 valence electrons. The van der Waals surface area contributed by atoms with E-state index in [4.69, 9.17) is 4.42 Å². The van der Waals surface area contributed by atoms with Crippen LogP contribution in [0.25, 0.3) is 0 Å². The molecule has 5 amide bonds. The van der Waals surface area contributed by atoms with Crippen LogP contribution in [0.1, 0.15) is 10.6 Å². The lowest BCUT2D eigenvalue weighted by atomic mass is 10.1. The van der Waals surface area contributed by atoms with Crippen molar-refractivity contribution in [1.82, 2.24) is 10.7 Å². The number of furan rings is 1. The van der Waals surface area contributed by atoms with Gasteiger partial charge in [0, 0.05) is 9.78 Å². The van der Waals surface area contributed by atoms with Crippen molar-refractivity contribution in [2.24, 2.45) is 11.0 Å². The zero-order valence-corrected chi connectivity index (χ0v) is 15.2. The van der Waals surface area contributed by atoms with Gasteiger partial charge in [0.15, 0.2) is 11.7 Å². The van der Waals surface area contributed by atoms with E-state index in [0.717, 1.165) is 14.7 Å². The molecule has 1 aliphatic rings. The van der Waals surface area contributed by atoms with Gasteiger partial charge in [0.25, 0.3) is 5.91 Å². The van der Waals surface area contributed by atoms with Crippen LogP contribution in [0.2, 0.25) is 0 Å². The Kier molecular flexibility index (Phi) is 5.11. The van der Waals surface area contributed by atoms with Crippen LogP contribution >= 0.6 is 22.6 Å². The zero-order chi connectivity index (χ0) is 18.7. The summed E-state index contributed by atoms with van der Waals surface area (Å²) in [7, 11) is 0. The predicted octanol–water partition coefficient (Wildman–Crippen LogP) is 1.50. The van der Waals surface area contributed by atoms with Crippen molar-refractivity contribution in [3.8, 4) is 0 Å². The molecule has 0 spiro atoms. The first-order valence-electron chi connectivity index (χ1n) is 7.29. The Hall–Kier alpha value is -3.02. The van der Waals surface area contributed by atoms with Gasteiger partial charge in [-0.3, -0.25) is 19.7 Å². The number of hydrogen-bond donors (Lipinski definition) is 2. The standard InChI is InChI=1S/C16H11IN4O5/c17-9-3-5-10(6-4-9)21-15(24)11(13(22)19-16(21)25)8-18-20-14(23)12-2-1-7-26-12/h1-8,11H,(H,20,23)(H,19,22,25)/b18-8-/t11-/m0/s1. The van der Waals surface area contributed by atoms with Gasteiger partial charge in [0.2, 0.25) is 5.91 Å². The molecule has 1 aliphatic heterocycles. The van der Waals surface area contributed by atoms with Crippen LogP contribution in [0.5, 0.6) is 0 Å². The van der Waals surface area contributed by atoms with Crippen LogP contribution in [-0.4, -0.2) is 30.0 Å². The summed E-state index contributed by atoms with van der Waals surface area (Å²) in [5, 5.41) is 5.71. The molecule has 26 heavy (non-hydrogen) atoms. The largest absolute Gasteiger partial charge is 0.459 e. The number of rotatable bonds is 4. The number of carbonyl (C=O) groups excluding carboxylic acids is 4. The average molecular weight is 466 g/mol. The Balaban J connectivity index is 1.76. The van der Waals surface area contributed by atoms with Crippen LogP contribution in [0.3, 0.4) is 0 Å². The van der Waals surface area contributed by atoms with E-state index in [0.29, 0.717) is 5.69 Å². The number of amides is 5. The highest BCUT2D eigenvalue weighted by atomic mass is 127. The molecule has 0 bridgehead atoms. The fourth-order valence-electron chi connectivity index (χ4n) is 2.19. The van der Waals surface area contributed by atoms with Gasteiger partial charge in [-0.2, -0.15) is 5.10 Å². The molecule has 3 rings (SSSR count). The smallest absolute Gasteiger partial charge is 0.335 e. The first-order valence-corrected chi connectivity index (χ1v) is 8.36. The lowest BCUT2D eigenvalue weighted by Crippen LogP contribution is -2.58. The van der Waals surface area contributed by atoms with Crippen molar-refractivity contribution in [1.29, 1.82) is 0 Å². The zero-order valence-electron chi connectivity index (χ0n) is 13.0. The van der Waals surface area contributed by atoms with Crippen molar-refractivity contribution < 1.29 is 23.6 Å². The maximum absolute atomic E-state index is 12.6. The van der Waals surface area contributed by atoms with E-state index in [1.807, 2.05) is 0 Å². The van der Waals surface area contributed by atoms with E-state index in [9.17, 15) is 19.2 Å². The highest BCUT2D eigenvalue weighted by Gasteiger charge is 2.40. The maximum atomic E-state index is 12.6. The van der Waals surface area contributed by atoms with Crippen molar-refractivity contribution in [3.05, 3.63) is 52.0 Å². The van der Waals surface area contributed by atoms with E-state index >= 15 is 0 Å². The van der Waals surface area contributed by atoms with Gasteiger partial charge < -0.3 is 4.42 Å². The summed E-state index contributed by atoms with van der Waals surface area (Å²) in [6.07, 6.45) is 2.28. The topological polar surface area (TPSA) is 121 Å². The number of carbonyl (C=O) groups is 4. The van der Waals surface area contributed by atoms with Gasteiger partial charge >= 0.3 is 11.9 Å². The first-order chi connectivity index (χ1) is 12.5. The molecule has 1 aromatic carbocycles. The van der Waals surface area contributed by atoms with Crippen molar-refractivity contribution in [2.75, 3.05) is 4.90 Å². The summed E-state index contributed by atoms with van der Waals surface area (Å²) in [6.45, 7) is 0. The maximum Gasteiger partial charge on any atom is 0.335 e. The van der Waals surface area contributed by atoms with E-state index in [2.05, 4.69) is 38.4 Å². The lowest BCUT2D eigenvalue weighted by molar-refractivity contribution is -0.131.